The smallest absolute Gasteiger partial charge is 0.228 e. The van der Waals surface area contributed by atoms with Crippen LogP contribution in [0.15, 0.2) is 17.5 Å². The maximum atomic E-state index is 11.9. The fraction of sp³-hybridized carbons (Fsp3) is 0.615. The number of thiophene rings is 1. The monoisotopic (exact) mass is 288 g/mol. The predicted molar refractivity (Wildman–Crippen MR) is 78.6 cm³/mol. The molecule has 2 unspecified atom stereocenters. The van der Waals surface area contributed by atoms with Crippen molar-refractivity contribution in [1.29, 1.82) is 0 Å². The molecule has 0 saturated carbocycles. The molecule has 0 radical (unpaired) electrons. The summed E-state index contributed by atoms with van der Waals surface area (Å²) in [4.78, 5) is 13.0. The van der Waals surface area contributed by atoms with E-state index in [1.54, 1.807) is 11.3 Å². The third-order valence-corrected chi connectivity index (χ3v) is 4.43. The Morgan fingerprint density at radius 3 is 3.11 bits per heavy atom. The van der Waals surface area contributed by atoms with Crippen molar-refractivity contribution in [3.05, 3.63) is 22.4 Å². The summed E-state index contributed by atoms with van der Waals surface area (Å²) in [5.41, 5.74) is 0. The van der Waals surface area contributed by atoms with Crippen LogP contribution in [0.1, 0.15) is 30.6 Å². The highest BCUT2D eigenvalue weighted by atomic mass is 35.5. The number of rotatable bonds is 5. The van der Waals surface area contributed by atoms with Crippen LogP contribution in [0.3, 0.4) is 0 Å². The molecule has 0 aliphatic carbocycles. The summed E-state index contributed by atoms with van der Waals surface area (Å²) in [6, 6.07) is 4.02. The van der Waals surface area contributed by atoms with Gasteiger partial charge in [0.05, 0.1) is 5.92 Å². The Morgan fingerprint density at radius 2 is 2.50 bits per heavy atom. The highest BCUT2D eigenvalue weighted by molar-refractivity contribution is 7.10. The molecule has 3 nitrogen and oxygen atoms in total. The van der Waals surface area contributed by atoms with E-state index in [0.29, 0.717) is 0 Å². The van der Waals surface area contributed by atoms with Gasteiger partial charge in [-0.1, -0.05) is 6.07 Å². The number of carbonyl (C=O) groups excluding carboxylic acids is 1. The predicted octanol–water partition coefficient (Wildman–Crippen LogP) is 2.39. The highest BCUT2D eigenvalue weighted by Gasteiger charge is 2.17. The van der Waals surface area contributed by atoms with Crippen LogP contribution < -0.4 is 10.6 Å². The van der Waals surface area contributed by atoms with Gasteiger partial charge >= 0.3 is 0 Å². The summed E-state index contributed by atoms with van der Waals surface area (Å²) in [6.07, 6.45) is 2.34. The van der Waals surface area contributed by atoms with E-state index in [4.69, 9.17) is 0 Å². The van der Waals surface area contributed by atoms with E-state index in [9.17, 15) is 4.79 Å². The van der Waals surface area contributed by atoms with Gasteiger partial charge in [-0.15, -0.1) is 23.7 Å². The molecule has 1 saturated heterocycles. The van der Waals surface area contributed by atoms with Crippen LogP contribution in [0.4, 0.5) is 0 Å². The Kier molecular flexibility index (Phi) is 6.68. The van der Waals surface area contributed by atoms with Gasteiger partial charge in [0.25, 0.3) is 0 Å². The first-order valence-corrected chi connectivity index (χ1v) is 7.17. The van der Waals surface area contributed by atoms with Crippen molar-refractivity contribution < 1.29 is 4.79 Å². The average molecular weight is 289 g/mol. The van der Waals surface area contributed by atoms with Crippen molar-refractivity contribution in [1.82, 2.24) is 10.6 Å². The van der Waals surface area contributed by atoms with Crippen LogP contribution in [-0.2, 0) is 4.79 Å². The van der Waals surface area contributed by atoms with Gasteiger partial charge in [-0.3, -0.25) is 4.79 Å². The van der Waals surface area contributed by atoms with Gasteiger partial charge in [0.1, 0.15) is 0 Å². The maximum absolute atomic E-state index is 11.9. The van der Waals surface area contributed by atoms with Gasteiger partial charge in [0.15, 0.2) is 0 Å². The maximum Gasteiger partial charge on any atom is 0.228 e. The molecule has 0 bridgehead atoms. The van der Waals surface area contributed by atoms with Crippen LogP contribution in [0.5, 0.6) is 0 Å². The van der Waals surface area contributed by atoms with Crippen molar-refractivity contribution in [3.63, 3.8) is 0 Å². The molecule has 2 heterocycles. The Morgan fingerprint density at radius 1 is 1.67 bits per heavy atom. The van der Waals surface area contributed by atoms with Crippen molar-refractivity contribution >= 4 is 29.7 Å². The Labute approximate surface area is 119 Å². The fourth-order valence-corrected chi connectivity index (χ4v) is 2.96. The zero-order valence-electron chi connectivity index (χ0n) is 10.6. The zero-order valence-corrected chi connectivity index (χ0v) is 12.3. The van der Waals surface area contributed by atoms with E-state index < -0.39 is 0 Å². The lowest BCUT2D eigenvalue weighted by atomic mass is 10.0. The van der Waals surface area contributed by atoms with Crippen LogP contribution in [0.2, 0.25) is 0 Å². The number of amides is 1. The van der Waals surface area contributed by atoms with Gasteiger partial charge in [-0.05, 0) is 50.2 Å². The van der Waals surface area contributed by atoms with E-state index >= 15 is 0 Å². The van der Waals surface area contributed by atoms with Crippen molar-refractivity contribution in [2.45, 2.75) is 25.7 Å². The number of halogens is 1. The SMILES string of the molecule is CC(C(=O)NCCC1CCNC1)c1cccs1.Cl. The molecule has 1 aromatic heterocycles. The standard InChI is InChI=1S/C13H20N2OS.ClH/c1-10(12-3-2-8-17-12)13(16)15-7-5-11-4-6-14-9-11;/h2-3,8,10-11,14H,4-7,9H2,1H3,(H,15,16);1H. The Balaban J connectivity index is 0.00000162. The zero-order chi connectivity index (χ0) is 12.1. The molecule has 1 amide bonds. The molecule has 0 aromatic carbocycles. The normalized spacial score (nSPS) is 20.2. The molecule has 1 aromatic rings. The molecule has 2 N–H and O–H groups in total. The van der Waals surface area contributed by atoms with E-state index in [-0.39, 0.29) is 24.2 Å². The number of nitrogens with one attached hydrogen (secondary N) is 2. The number of hydrogen-bond acceptors (Lipinski definition) is 3. The lowest BCUT2D eigenvalue weighted by molar-refractivity contribution is -0.122. The minimum absolute atomic E-state index is 0. The van der Waals surface area contributed by atoms with E-state index in [0.717, 1.165) is 36.9 Å². The fourth-order valence-electron chi connectivity index (χ4n) is 2.18. The molecule has 2 rings (SSSR count). The number of hydrogen-bond donors (Lipinski definition) is 2. The third kappa shape index (κ3) is 4.26. The summed E-state index contributed by atoms with van der Waals surface area (Å²) in [5.74, 6) is 0.877. The summed E-state index contributed by atoms with van der Waals surface area (Å²) in [7, 11) is 0. The Hall–Kier alpha value is -0.580. The van der Waals surface area contributed by atoms with Crippen molar-refractivity contribution in [3.8, 4) is 0 Å². The average Bonchev–Trinajstić information content (AvgIpc) is 3.00. The van der Waals surface area contributed by atoms with Crippen molar-refractivity contribution in [2.24, 2.45) is 5.92 Å². The second kappa shape index (κ2) is 7.77. The lowest BCUT2D eigenvalue weighted by Crippen LogP contribution is -2.29. The van der Waals surface area contributed by atoms with E-state index in [2.05, 4.69) is 10.6 Å². The first kappa shape index (κ1) is 15.5. The highest BCUT2D eigenvalue weighted by Crippen LogP contribution is 2.20. The van der Waals surface area contributed by atoms with E-state index in [1.807, 2.05) is 24.4 Å². The van der Waals surface area contributed by atoms with Crippen LogP contribution in [-0.4, -0.2) is 25.5 Å². The molecule has 5 heteroatoms. The summed E-state index contributed by atoms with van der Waals surface area (Å²) in [6.45, 7) is 5.01. The first-order valence-electron chi connectivity index (χ1n) is 6.29. The minimum Gasteiger partial charge on any atom is -0.356 e. The molecule has 1 fully saturated rings. The summed E-state index contributed by atoms with van der Waals surface area (Å²) < 4.78 is 0. The van der Waals surface area contributed by atoms with Gasteiger partial charge in [-0.2, -0.15) is 0 Å². The molecule has 1 aliphatic heterocycles. The summed E-state index contributed by atoms with van der Waals surface area (Å²) in [5, 5.41) is 8.40. The van der Waals surface area contributed by atoms with Gasteiger partial charge in [0.2, 0.25) is 5.91 Å². The summed E-state index contributed by atoms with van der Waals surface area (Å²) >= 11 is 1.65. The molecule has 18 heavy (non-hydrogen) atoms. The van der Waals surface area contributed by atoms with Gasteiger partial charge in [-0.25, -0.2) is 0 Å². The van der Waals surface area contributed by atoms with Crippen LogP contribution >= 0.6 is 23.7 Å². The largest absolute Gasteiger partial charge is 0.356 e. The first-order chi connectivity index (χ1) is 8.27. The quantitative estimate of drug-likeness (QED) is 0.873. The van der Waals surface area contributed by atoms with Crippen LogP contribution in [0, 0.1) is 5.92 Å². The minimum atomic E-state index is -0.0169. The molecular weight excluding hydrogens is 268 g/mol. The Bertz CT molecular complexity index is 350. The van der Waals surface area contributed by atoms with Gasteiger partial charge < -0.3 is 10.6 Å². The second-order valence-electron chi connectivity index (χ2n) is 4.68. The molecule has 102 valence electrons. The van der Waals surface area contributed by atoms with E-state index in [1.165, 1.54) is 6.42 Å². The topological polar surface area (TPSA) is 41.1 Å². The second-order valence-corrected chi connectivity index (χ2v) is 5.65. The molecular formula is C13H21ClN2OS. The lowest BCUT2D eigenvalue weighted by Gasteiger charge is -2.12. The van der Waals surface area contributed by atoms with Crippen LogP contribution in [0.25, 0.3) is 0 Å². The van der Waals surface area contributed by atoms with Gasteiger partial charge in [0, 0.05) is 11.4 Å². The van der Waals surface area contributed by atoms with Crippen molar-refractivity contribution in [2.75, 3.05) is 19.6 Å². The number of carbonyl (C=O) groups is 1. The molecule has 0 spiro atoms. The molecule has 1 aliphatic rings. The third-order valence-electron chi connectivity index (χ3n) is 3.38. The molecule has 2 atom stereocenters.